The zero-order valence-electron chi connectivity index (χ0n) is 13.1. The Bertz CT molecular complexity index is 817. The number of aryl methyl sites for hydroxylation is 3. The molecule has 1 N–H and O–H groups in total. The van der Waals surface area contributed by atoms with Gasteiger partial charge >= 0.3 is 0 Å². The van der Waals surface area contributed by atoms with Gasteiger partial charge in [0.1, 0.15) is 10.8 Å². The molecule has 23 heavy (non-hydrogen) atoms. The first-order chi connectivity index (χ1) is 11.0. The first-order valence-electron chi connectivity index (χ1n) is 7.15. The van der Waals surface area contributed by atoms with Gasteiger partial charge in [-0.05, 0) is 20.8 Å². The number of rotatable bonds is 4. The molecule has 0 saturated carbocycles. The molecule has 1 amide bonds. The van der Waals surface area contributed by atoms with Gasteiger partial charge in [-0.15, -0.1) is 10.2 Å². The van der Waals surface area contributed by atoms with Crippen LogP contribution in [-0.4, -0.2) is 21.3 Å². The van der Waals surface area contributed by atoms with Gasteiger partial charge in [0.15, 0.2) is 0 Å². The summed E-state index contributed by atoms with van der Waals surface area (Å²) in [5, 5.41) is 16.0. The number of nitrogens with zero attached hydrogens (tertiary/aromatic N) is 3. The Morgan fingerprint density at radius 3 is 2.57 bits per heavy atom. The van der Waals surface area contributed by atoms with E-state index in [1.54, 1.807) is 6.92 Å². The molecular weight excluding hydrogens is 312 g/mol. The molecule has 3 rings (SSSR count). The number of carbonyl (C=O) groups is 1. The maximum Gasteiger partial charge on any atom is 0.230 e. The Hall–Kier alpha value is -2.54. The number of anilines is 1. The van der Waals surface area contributed by atoms with Gasteiger partial charge in [0, 0.05) is 11.1 Å². The standard InChI is InChI=1S/C16H16N4O2S/c1-9-4-6-12(7-5-9)15-18-19-16(23-15)17-14(21)8-13-10(2)20-22-11(13)3/h4-7H,8H2,1-3H3,(H,17,19,21). The molecule has 2 aromatic heterocycles. The van der Waals surface area contributed by atoms with Crippen LogP contribution in [0.5, 0.6) is 0 Å². The van der Waals surface area contributed by atoms with Crippen molar-refractivity contribution in [2.45, 2.75) is 27.2 Å². The molecule has 3 aromatic rings. The van der Waals surface area contributed by atoms with E-state index in [1.165, 1.54) is 16.9 Å². The molecule has 0 bridgehead atoms. The van der Waals surface area contributed by atoms with Crippen LogP contribution in [-0.2, 0) is 11.2 Å². The number of amides is 1. The normalized spacial score (nSPS) is 10.7. The van der Waals surface area contributed by atoms with E-state index >= 15 is 0 Å². The topological polar surface area (TPSA) is 80.9 Å². The third-order valence-corrected chi connectivity index (χ3v) is 4.38. The zero-order valence-corrected chi connectivity index (χ0v) is 13.9. The highest BCUT2D eigenvalue weighted by Crippen LogP contribution is 2.26. The molecule has 6 nitrogen and oxygen atoms in total. The molecule has 0 radical (unpaired) electrons. The summed E-state index contributed by atoms with van der Waals surface area (Å²) in [6, 6.07) is 8.02. The van der Waals surface area contributed by atoms with E-state index in [9.17, 15) is 4.79 Å². The summed E-state index contributed by atoms with van der Waals surface area (Å²) in [6.07, 6.45) is 0.209. The van der Waals surface area contributed by atoms with Crippen molar-refractivity contribution < 1.29 is 9.32 Å². The highest BCUT2D eigenvalue weighted by Gasteiger charge is 2.15. The van der Waals surface area contributed by atoms with Crippen LogP contribution < -0.4 is 5.32 Å². The number of benzene rings is 1. The van der Waals surface area contributed by atoms with Crippen LogP contribution in [0.1, 0.15) is 22.6 Å². The van der Waals surface area contributed by atoms with Crippen molar-refractivity contribution in [3.63, 3.8) is 0 Å². The van der Waals surface area contributed by atoms with E-state index in [-0.39, 0.29) is 12.3 Å². The summed E-state index contributed by atoms with van der Waals surface area (Å²) in [5.41, 5.74) is 3.71. The third kappa shape index (κ3) is 3.45. The van der Waals surface area contributed by atoms with Crippen LogP contribution in [0, 0.1) is 20.8 Å². The molecule has 118 valence electrons. The van der Waals surface area contributed by atoms with Crippen molar-refractivity contribution in [1.82, 2.24) is 15.4 Å². The number of hydrogen-bond donors (Lipinski definition) is 1. The Morgan fingerprint density at radius 2 is 1.91 bits per heavy atom. The molecule has 0 fully saturated rings. The minimum atomic E-state index is -0.161. The average Bonchev–Trinajstić information content (AvgIpc) is 3.10. The van der Waals surface area contributed by atoms with Crippen molar-refractivity contribution in [1.29, 1.82) is 0 Å². The molecule has 0 spiro atoms. The second-order valence-electron chi connectivity index (χ2n) is 5.31. The number of hydrogen-bond acceptors (Lipinski definition) is 6. The van der Waals surface area contributed by atoms with Gasteiger partial charge in [0.2, 0.25) is 11.0 Å². The molecule has 2 heterocycles. The molecule has 7 heteroatoms. The lowest BCUT2D eigenvalue weighted by atomic mass is 10.1. The van der Waals surface area contributed by atoms with Gasteiger partial charge in [-0.1, -0.05) is 46.3 Å². The lowest BCUT2D eigenvalue weighted by Crippen LogP contribution is -2.15. The second-order valence-corrected chi connectivity index (χ2v) is 6.28. The van der Waals surface area contributed by atoms with E-state index in [0.717, 1.165) is 21.8 Å². The number of aromatic nitrogens is 3. The minimum absolute atomic E-state index is 0.161. The Kier molecular flexibility index (Phi) is 4.20. The van der Waals surface area contributed by atoms with E-state index < -0.39 is 0 Å². The maximum atomic E-state index is 12.1. The van der Waals surface area contributed by atoms with Crippen molar-refractivity contribution >= 4 is 22.4 Å². The van der Waals surface area contributed by atoms with Gasteiger partial charge < -0.3 is 9.84 Å². The fourth-order valence-electron chi connectivity index (χ4n) is 2.16. The summed E-state index contributed by atoms with van der Waals surface area (Å²) in [7, 11) is 0. The summed E-state index contributed by atoms with van der Waals surface area (Å²) in [6.45, 7) is 5.65. The van der Waals surface area contributed by atoms with Crippen LogP contribution in [0.3, 0.4) is 0 Å². The molecule has 0 aliphatic heterocycles. The van der Waals surface area contributed by atoms with Gasteiger partial charge in [0.05, 0.1) is 12.1 Å². The minimum Gasteiger partial charge on any atom is -0.361 e. The predicted molar refractivity (Wildman–Crippen MR) is 88.4 cm³/mol. The third-order valence-electron chi connectivity index (χ3n) is 3.49. The Balaban J connectivity index is 1.69. The van der Waals surface area contributed by atoms with Crippen LogP contribution in [0.2, 0.25) is 0 Å². The molecule has 0 saturated heterocycles. The second kappa shape index (κ2) is 6.29. The van der Waals surface area contributed by atoms with Crippen molar-refractivity contribution in [2.75, 3.05) is 5.32 Å². The maximum absolute atomic E-state index is 12.1. The van der Waals surface area contributed by atoms with E-state index in [0.29, 0.717) is 10.9 Å². The average molecular weight is 328 g/mol. The van der Waals surface area contributed by atoms with Crippen LogP contribution >= 0.6 is 11.3 Å². The molecule has 0 aliphatic carbocycles. The smallest absolute Gasteiger partial charge is 0.230 e. The largest absolute Gasteiger partial charge is 0.361 e. The van der Waals surface area contributed by atoms with Gasteiger partial charge in [0.25, 0.3) is 0 Å². The van der Waals surface area contributed by atoms with Crippen molar-refractivity contribution in [3.05, 3.63) is 46.8 Å². The Morgan fingerprint density at radius 1 is 1.17 bits per heavy atom. The van der Waals surface area contributed by atoms with Gasteiger partial charge in [-0.2, -0.15) is 0 Å². The fourth-order valence-corrected chi connectivity index (χ4v) is 2.93. The molecular formula is C16H16N4O2S. The highest BCUT2D eigenvalue weighted by atomic mass is 32.1. The zero-order chi connectivity index (χ0) is 16.4. The predicted octanol–water partition coefficient (Wildman–Crippen LogP) is 3.30. The first-order valence-corrected chi connectivity index (χ1v) is 7.96. The van der Waals surface area contributed by atoms with Crippen molar-refractivity contribution in [2.24, 2.45) is 0 Å². The summed E-state index contributed by atoms with van der Waals surface area (Å²) in [5.74, 6) is 0.501. The summed E-state index contributed by atoms with van der Waals surface area (Å²) >= 11 is 1.35. The molecule has 0 aliphatic rings. The lowest BCUT2D eigenvalue weighted by Gasteiger charge is -2.00. The highest BCUT2D eigenvalue weighted by molar-refractivity contribution is 7.18. The van der Waals surface area contributed by atoms with Crippen LogP contribution in [0.15, 0.2) is 28.8 Å². The number of nitrogens with one attached hydrogen (secondary N) is 1. The van der Waals surface area contributed by atoms with Crippen molar-refractivity contribution in [3.8, 4) is 10.6 Å². The van der Waals surface area contributed by atoms with Crippen LogP contribution in [0.4, 0.5) is 5.13 Å². The summed E-state index contributed by atoms with van der Waals surface area (Å²) < 4.78 is 5.06. The van der Waals surface area contributed by atoms with Gasteiger partial charge in [-0.25, -0.2) is 0 Å². The monoisotopic (exact) mass is 328 g/mol. The fraction of sp³-hybridized carbons (Fsp3) is 0.250. The van der Waals surface area contributed by atoms with E-state index in [2.05, 4.69) is 20.7 Å². The molecule has 1 aromatic carbocycles. The van der Waals surface area contributed by atoms with Crippen LogP contribution in [0.25, 0.3) is 10.6 Å². The van der Waals surface area contributed by atoms with E-state index in [4.69, 9.17) is 4.52 Å². The Labute approximate surface area is 137 Å². The lowest BCUT2D eigenvalue weighted by molar-refractivity contribution is -0.115. The molecule has 0 unspecified atom stereocenters. The van der Waals surface area contributed by atoms with E-state index in [1.807, 2.05) is 38.1 Å². The van der Waals surface area contributed by atoms with Gasteiger partial charge in [-0.3, -0.25) is 4.79 Å². The number of carbonyl (C=O) groups excluding carboxylic acids is 1. The molecule has 0 atom stereocenters. The quantitative estimate of drug-likeness (QED) is 0.795. The first kappa shape index (κ1) is 15.4. The summed E-state index contributed by atoms with van der Waals surface area (Å²) in [4.78, 5) is 12.1. The SMILES string of the molecule is Cc1ccc(-c2nnc(NC(=O)Cc3c(C)noc3C)s2)cc1.